The van der Waals surface area contributed by atoms with E-state index in [9.17, 15) is 9.59 Å². The van der Waals surface area contributed by atoms with E-state index in [1.807, 2.05) is 37.3 Å². The van der Waals surface area contributed by atoms with Crippen molar-refractivity contribution in [3.63, 3.8) is 0 Å². The summed E-state index contributed by atoms with van der Waals surface area (Å²) >= 11 is 5.90. The highest BCUT2D eigenvalue weighted by molar-refractivity contribution is 6.30. The van der Waals surface area contributed by atoms with Gasteiger partial charge in [0, 0.05) is 43.7 Å². The third kappa shape index (κ3) is 5.61. The maximum absolute atomic E-state index is 12.6. The molecule has 0 N–H and O–H groups in total. The quantitative estimate of drug-likeness (QED) is 0.746. The number of amides is 2. The van der Waals surface area contributed by atoms with Crippen LogP contribution in [0.3, 0.4) is 0 Å². The zero-order valence-electron chi connectivity index (χ0n) is 14.6. The summed E-state index contributed by atoms with van der Waals surface area (Å²) in [4.78, 5) is 27.9. The molecule has 0 spiro atoms. The van der Waals surface area contributed by atoms with Crippen molar-refractivity contribution >= 4 is 29.1 Å². The summed E-state index contributed by atoms with van der Waals surface area (Å²) in [5, 5.41) is 0.614. The van der Waals surface area contributed by atoms with Crippen LogP contribution in [0.2, 0.25) is 5.02 Å². The van der Waals surface area contributed by atoms with Gasteiger partial charge in [-0.2, -0.15) is 0 Å². The molecular formula is C20H23ClN2O2. The highest BCUT2D eigenvalue weighted by Crippen LogP contribution is 2.19. The number of hydrogen-bond acceptors (Lipinski definition) is 2. The maximum Gasteiger partial charge on any atom is 0.224 e. The second kappa shape index (κ2) is 9.23. The molecule has 0 aliphatic heterocycles. The standard InChI is InChI=1S/C20H23ClN2O2/c1-3-22(15-17-7-5-4-6-8-17)20(25)13-14-23(16(2)24)19-11-9-18(21)10-12-19/h4-12H,3,13-15H2,1-2H3. The van der Waals surface area contributed by atoms with Crippen molar-refractivity contribution in [3.05, 3.63) is 65.2 Å². The van der Waals surface area contributed by atoms with Crippen LogP contribution in [0.25, 0.3) is 0 Å². The Morgan fingerprint density at radius 2 is 1.64 bits per heavy atom. The monoisotopic (exact) mass is 358 g/mol. The lowest BCUT2D eigenvalue weighted by molar-refractivity contribution is -0.131. The normalized spacial score (nSPS) is 10.4. The van der Waals surface area contributed by atoms with Gasteiger partial charge in [-0.1, -0.05) is 41.9 Å². The lowest BCUT2D eigenvalue weighted by atomic mass is 10.2. The number of benzene rings is 2. The lowest BCUT2D eigenvalue weighted by Gasteiger charge is -2.25. The van der Waals surface area contributed by atoms with Gasteiger partial charge in [-0.3, -0.25) is 9.59 Å². The van der Waals surface area contributed by atoms with Gasteiger partial charge < -0.3 is 9.80 Å². The predicted octanol–water partition coefficient (Wildman–Crippen LogP) is 4.13. The molecule has 4 nitrogen and oxygen atoms in total. The number of carbonyl (C=O) groups is 2. The second-order valence-corrected chi connectivity index (χ2v) is 6.23. The van der Waals surface area contributed by atoms with Gasteiger partial charge in [-0.15, -0.1) is 0 Å². The van der Waals surface area contributed by atoms with Crippen molar-refractivity contribution in [1.82, 2.24) is 4.90 Å². The number of anilines is 1. The number of carbonyl (C=O) groups excluding carboxylic acids is 2. The van der Waals surface area contributed by atoms with Crippen LogP contribution in [-0.4, -0.2) is 29.8 Å². The summed E-state index contributed by atoms with van der Waals surface area (Å²) < 4.78 is 0. The SMILES string of the molecule is CCN(Cc1ccccc1)C(=O)CCN(C(C)=O)c1ccc(Cl)cc1. The first-order valence-electron chi connectivity index (χ1n) is 8.36. The smallest absolute Gasteiger partial charge is 0.224 e. The first-order chi connectivity index (χ1) is 12.0. The van der Waals surface area contributed by atoms with Gasteiger partial charge in [0.2, 0.25) is 11.8 Å². The summed E-state index contributed by atoms with van der Waals surface area (Å²) in [5.74, 6) is -0.0622. The van der Waals surface area contributed by atoms with Crippen LogP contribution in [0.4, 0.5) is 5.69 Å². The Morgan fingerprint density at radius 1 is 1.00 bits per heavy atom. The average Bonchev–Trinajstić information content (AvgIpc) is 2.61. The second-order valence-electron chi connectivity index (χ2n) is 5.79. The zero-order chi connectivity index (χ0) is 18.2. The molecule has 2 rings (SSSR count). The maximum atomic E-state index is 12.6. The Balaban J connectivity index is 1.99. The average molecular weight is 359 g/mol. The molecule has 0 fully saturated rings. The van der Waals surface area contributed by atoms with Gasteiger partial charge in [0.15, 0.2) is 0 Å². The summed E-state index contributed by atoms with van der Waals surface area (Å²) in [7, 11) is 0. The molecule has 0 atom stereocenters. The number of rotatable bonds is 7. The van der Waals surface area contributed by atoms with E-state index in [2.05, 4.69) is 0 Å². The van der Waals surface area contributed by atoms with E-state index < -0.39 is 0 Å². The van der Waals surface area contributed by atoms with E-state index in [1.54, 1.807) is 34.1 Å². The number of halogens is 1. The minimum Gasteiger partial charge on any atom is -0.339 e. The Labute approximate surface area is 154 Å². The largest absolute Gasteiger partial charge is 0.339 e. The first-order valence-corrected chi connectivity index (χ1v) is 8.74. The molecule has 0 aromatic heterocycles. The van der Waals surface area contributed by atoms with Gasteiger partial charge >= 0.3 is 0 Å². The fourth-order valence-electron chi connectivity index (χ4n) is 2.64. The Bertz CT molecular complexity index is 701. The molecule has 2 aromatic carbocycles. The highest BCUT2D eigenvalue weighted by Gasteiger charge is 2.17. The minimum atomic E-state index is -0.0961. The molecule has 0 unspecified atom stereocenters. The van der Waals surface area contributed by atoms with Gasteiger partial charge in [-0.25, -0.2) is 0 Å². The van der Waals surface area contributed by atoms with Crippen molar-refractivity contribution in [2.75, 3.05) is 18.0 Å². The molecule has 0 saturated carbocycles. The zero-order valence-corrected chi connectivity index (χ0v) is 15.4. The molecule has 0 aliphatic rings. The molecule has 0 saturated heterocycles. The highest BCUT2D eigenvalue weighted by atomic mass is 35.5. The summed E-state index contributed by atoms with van der Waals surface area (Å²) in [6.45, 7) is 5.02. The Hall–Kier alpha value is -2.33. The summed E-state index contributed by atoms with van der Waals surface area (Å²) in [5.41, 5.74) is 1.84. The summed E-state index contributed by atoms with van der Waals surface area (Å²) in [6, 6.07) is 16.9. The first kappa shape index (κ1) is 19.0. The topological polar surface area (TPSA) is 40.6 Å². The number of nitrogens with zero attached hydrogens (tertiary/aromatic N) is 2. The Morgan fingerprint density at radius 3 is 2.20 bits per heavy atom. The molecule has 0 aliphatic carbocycles. The fraction of sp³-hybridized carbons (Fsp3) is 0.300. The predicted molar refractivity (Wildman–Crippen MR) is 102 cm³/mol. The van der Waals surface area contributed by atoms with Gasteiger partial charge in [0.25, 0.3) is 0 Å². The van der Waals surface area contributed by atoms with E-state index in [4.69, 9.17) is 11.6 Å². The van der Waals surface area contributed by atoms with Crippen molar-refractivity contribution in [3.8, 4) is 0 Å². The third-order valence-corrected chi connectivity index (χ3v) is 4.27. The van der Waals surface area contributed by atoms with E-state index in [1.165, 1.54) is 6.92 Å². The lowest BCUT2D eigenvalue weighted by Crippen LogP contribution is -2.36. The van der Waals surface area contributed by atoms with Crippen molar-refractivity contribution < 1.29 is 9.59 Å². The molecule has 0 heterocycles. The van der Waals surface area contributed by atoms with Crippen molar-refractivity contribution in [2.24, 2.45) is 0 Å². The molecule has 0 bridgehead atoms. The molecule has 2 amide bonds. The van der Waals surface area contributed by atoms with Gasteiger partial charge in [-0.05, 0) is 36.8 Å². The van der Waals surface area contributed by atoms with Crippen LogP contribution >= 0.6 is 11.6 Å². The van der Waals surface area contributed by atoms with E-state index in [-0.39, 0.29) is 18.2 Å². The van der Waals surface area contributed by atoms with Crippen LogP contribution in [-0.2, 0) is 16.1 Å². The van der Waals surface area contributed by atoms with Crippen LogP contribution < -0.4 is 4.90 Å². The number of hydrogen-bond donors (Lipinski definition) is 0. The molecular weight excluding hydrogens is 336 g/mol. The molecule has 2 aromatic rings. The molecule has 132 valence electrons. The molecule has 0 radical (unpaired) electrons. The third-order valence-electron chi connectivity index (χ3n) is 4.02. The van der Waals surface area contributed by atoms with Crippen molar-refractivity contribution in [2.45, 2.75) is 26.8 Å². The van der Waals surface area contributed by atoms with Crippen LogP contribution in [0.5, 0.6) is 0 Å². The van der Waals surface area contributed by atoms with Crippen LogP contribution in [0.15, 0.2) is 54.6 Å². The van der Waals surface area contributed by atoms with E-state index >= 15 is 0 Å². The molecule has 5 heteroatoms. The van der Waals surface area contributed by atoms with E-state index in [0.717, 1.165) is 11.3 Å². The van der Waals surface area contributed by atoms with Crippen molar-refractivity contribution in [1.29, 1.82) is 0 Å². The van der Waals surface area contributed by atoms with E-state index in [0.29, 0.717) is 24.7 Å². The van der Waals surface area contributed by atoms with Crippen LogP contribution in [0.1, 0.15) is 25.8 Å². The van der Waals surface area contributed by atoms with Gasteiger partial charge in [0.1, 0.15) is 0 Å². The summed E-state index contributed by atoms with van der Waals surface area (Å²) in [6.07, 6.45) is 0.281. The van der Waals surface area contributed by atoms with Crippen LogP contribution in [0, 0.1) is 0 Å². The molecule has 25 heavy (non-hydrogen) atoms. The van der Waals surface area contributed by atoms with Gasteiger partial charge in [0.05, 0.1) is 0 Å². The minimum absolute atomic E-state index is 0.0339. The Kier molecular flexibility index (Phi) is 7.02. The fourth-order valence-corrected chi connectivity index (χ4v) is 2.76.